The summed E-state index contributed by atoms with van der Waals surface area (Å²) in [7, 11) is 0. The maximum atomic E-state index is 10.2. The molecule has 5 heteroatoms. The summed E-state index contributed by atoms with van der Waals surface area (Å²) in [6.07, 6.45) is -1.01. The van der Waals surface area contributed by atoms with Crippen LogP contribution in [0.2, 0.25) is 0 Å². The van der Waals surface area contributed by atoms with E-state index in [0.717, 1.165) is 6.26 Å². The van der Waals surface area contributed by atoms with Crippen molar-refractivity contribution in [1.29, 1.82) is 0 Å². The lowest BCUT2D eigenvalue weighted by molar-refractivity contribution is -0.153. The molecule has 0 aliphatic carbocycles. The summed E-state index contributed by atoms with van der Waals surface area (Å²) in [5, 5.41) is 16.5. The molecule has 0 rings (SSSR count). The van der Waals surface area contributed by atoms with E-state index in [1.165, 1.54) is 0 Å². The number of carbonyl (C=O) groups is 2. The second kappa shape index (κ2) is 4.32. The normalized spacial score (nSPS) is 11.6. The number of ether oxygens (including phenoxy) is 1. The number of aliphatic carboxylic acids is 2. The Kier molecular flexibility index (Phi) is 3.72. The van der Waals surface area contributed by atoms with Crippen molar-refractivity contribution in [2.75, 3.05) is 0 Å². The van der Waals surface area contributed by atoms with Gasteiger partial charge in [0.1, 0.15) is 0 Å². The number of hydrogen-bond acceptors (Lipinski definition) is 3. The highest BCUT2D eigenvalue weighted by Crippen LogP contribution is 1.98. The van der Waals surface area contributed by atoms with Gasteiger partial charge in [-0.3, -0.25) is 4.79 Å². The molecule has 0 aromatic carbocycles. The first-order chi connectivity index (χ1) is 5.07. The van der Waals surface area contributed by atoms with Crippen LogP contribution in [0.5, 0.6) is 0 Å². The maximum Gasteiger partial charge on any atom is 0.345 e. The van der Waals surface area contributed by atoms with Crippen molar-refractivity contribution in [3.63, 3.8) is 0 Å². The molecular weight excluding hydrogens is 152 g/mol. The van der Waals surface area contributed by atoms with Crippen molar-refractivity contribution in [2.45, 2.75) is 12.5 Å². The Morgan fingerprint density at radius 3 is 2.36 bits per heavy atom. The number of rotatable bonds is 5. The van der Waals surface area contributed by atoms with Crippen LogP contribution in [0.15, 0.2) is 12.8 Å². The molecule has 1 atom stereocenters. The molecule has 0 aliphatic rings. The minimum Gasteiger partial charge on any atom is -0.486 e. The second-order valence-electron chi connectivity index (χ2n) is 1.73. The molecule has 0 aromatic heterocycles. The van der Waals surface area contributed by atoms with Gasteiger partial charge in [-0.15, -0.1) is 0 Å². The summed E-state index contributed by atoms with van der Waals surface area (Å²) >= 11 is 0. The van der Waals surface area contributed by atoms with Crippen LogP contribution in [-0.2, 0) is 14.3 Å². The molecule has 0 radical (unpaired) electrons. The van der Waals surface area contributed by atoms with E-state index >= 15 is 0 Å². The molecule has 62 valence electrons. The molecule has 2 N–H and O–H groups in total. The molecule has 1 unspecified atom stereocenters. The number of carboxylic acid groups (broad SMARTS) is 2. The van der Waals surface area contributed by atoms with Crippen molar-refractivity contribution in [3.8, 4) is 0 Å². The van der Waals surface area contributed by atoms with Crippen LogP contribution in [0.4, 0.5) is 0 Å². The molecule has 0 aliphatic heterocycles. The van der Waals surface area contributed by atoms with E-state index in [2.05, 4.69) is 11.3 Å². The molecule has 0 aromatic rings. The molecule has 11 heavy (non-hydrogen) atoms. The predicted octanol–water partition coefficient (Wildman–Crippen LogP) is 0.0744. The lowest BCUT2D eigenvalue weighted by Gasteiger charge is -2.07. The van der Waals surface area contributed by atoms with E-state index in [1.54, 1.807) is 0 Å². The summed E-state index contributed by atoms with van der Waals surface area (Å²) in [5.41, 5.74) is 0. The largest absolute Gasteiger partial charge is 0.486 e. The third-order valence-corrected chi connectivity index (χ3v) is 0.896. The lowest BCUT2D eigenvalue weighted by atomic mass is 10.2. The molecule has 0 saturated carbocycles. The third-order valence-electron chi connectivity index (χ3n) is 0.896. The Morgan fingerprint density at radius 1 is 1.55 bits per heavy atom. The van der Waals surface area contributed by atoms with Gasteiger partial charge in [-0.1, -0.05) is 6.58 Å². The van der Waals surface area contributed by atoms with Crippen molar-refractivity contribution >= 4 is 11.9 Å². The highest BCUT2D eigenvalue weighted by molar-refractivity contribution is 5.79. The molecule has 0 heterocycles. The molecule has 0 bridgehead atoms. The number of hydrogen-bond donors (Lipinski definition) is 2. The SMILES string of the molecule is C=COC(CC(=O)O)C(=O)O. The Hall–Kier alpha value is -1.52. The number of carboxylic acids is 2. The molecule has 5 nitrogen and oxygen atoms in total. The van der Waals surface area contributed by atoms with E-state index in [9.17, 15) is 9.59 Å². The Balaban J connectivity index is 3.99. The van der Waals surface area contributed by atoms with Crippen LogP contribution in [0.25, 0.3) is 0 Å². The highest BCUT2D eigenvalue weighted by Gasteiger charge is 2.20. The molecule has 0 fully saturated rings. The molecule has 0 amide bonds. The molecule has 0 spiro atoms. The topological polar surface area (TPSA) is 83.8 Å². The summed E-state index contributed by atoms with van der Waals surface area (Å²) in [6, 6.07) is 0. The summed E-state index contributed by atoms with van der Waals surface area (Å²) in [4.78, 5) is 20.2. The van der Waals surface area contributed by atoms with Crippen molar-refractivity contribution in [2.24, 2.45) is 0 Å². The van der Waals surface area contributed by atoms with Crippen molar-refractivity contribution in [1.82, 2.24) is 0 Å². The summed E-state index contributed by atoms with van der Waals surface area (Å²) in [6.45, 7) is 3.11. The monoisotopic (exact) mass is 160 g/mol. The van der Waals surface area contributed by atoms with Crippen LogP contribution in [0, 0.1) is 0 Å². The minimum absolute atomic E-state index is 0.568. The van der Waals surface area contributed by atoms with Gasteiger partial charge in [0.2, 0.25) is 6.10 Å². The second-order valence-corrected chi connectivity index (χ2v) is 1.73. The van der Waals surface area contributed by atoms with Gasteiger partial charge in [-0.25, -0.2) is 4.79 Å². The quantitative estimate of drug-likeness (QED) is 0.556. The molecular formula is C6H8O5. The fraction of sp³-hybridized carbons (Fsp3) is 0.333. The average molecular weight is 160 g/mol. The van der Waals surface area contributed by atoms with Gasteiger partial charge in [-0.05, 0) is 0 Å². The van der Waals surface area contributed by atoms with E-state index in [-0.39, 0.29) is 0 Å². The van der Waals surface area contributed by atoms with Crippen molar-refractivity contribution in [3.05, 3.63) is 12.8 Å². The van der Waals surface area contributed by atoms with E-state index in [1.807, 2.05) is 0 Å². The Bertz CT molecular complexity index is 174. The zero-order chi connectivity index (χ0) is 8.85. The summed E-state index contributed by atoms with van der Waals surface area (Å²) < 4.78 is 4.40. The average Bonchev–Trinajstić information content (AvgIpc) is 1.86. The maximum absolute atomic E-state index is 10.2. The van der Waals surface area contributed by atoms with E-state index in [0.29, 0.717) is 0 Å². The predicted molar refractivity (Wildman–Crippen MR) is 35.0 cm³/mol. The zero-order valence-corrected chi connectivity index (χ0v) is 5.69. The van der Waals surface area contributed by atoms with Gasteiger partial charge in [0, 0.05) is 0 Å². The van der Waals surface area contributed by atoms with Crippen LogP contribution in [0.1, 0.15) is 6.42 Å². The van der Waals surface area contributed by atoms with Crippen LogP contribution >= 0.6 is 0 Å². The van der Waals surface area contributed by atoms with Crippen LogP contribution in [-0.4, -0.2) is 28.3 Å². The first-order valence-electron chi connectivity index (χ1n) is 2.79. The van der Waals surface area contributed by atoms with Crippen LogP contribution < -0.4 is 0 Å². The summed E-state index contributed by atoms with van der Waals surface area (Å²) in [5.74, 6) is -2.54. The zero-order valence-electron chi connectivity index (χ0n) is 5.69. The smallest absolute Gasteiger partial charge is 0.345 e. The Morgan fingerprint density at radius 2 is 2.09 bits per heavy atom. The lowest BCUT2D eigenvalue weighted by Crippen LogP contribution is -2.24. The van der Waals surface area contributed by atoms with Gasteiger partial charge in [-0.2, -0.15) is 0 Å². The standard InChI is InChI=1S/C6H8O5/c1-2-11-4(6(9)10)3-5(7)8/h2,4H,1,3H2,(H,7,8)(H,9,10). The minimum atomic E-state index is -1.34. The first kappa shape index (κ1) is 9.48. The van der Waals surface area contributed by atoms with Gasteiger partial charge in [0.25, 0.3) is 0 Å². The highest BCUT2D eigenvalue weighted by atomic mass is 16.5. The van der Waals surface area contributed by atoms with Gasteiger partial charge in [0.05, 0.1) is 12.7 Å². The van der Waals surface area contributed by atoms with E-state index < -0.39 is 24.5 Å². The van der Waals surface area contributed by atoms with Gasteiger partial charge >= 0.3 is 11.9 Å². The van der Waals surface area contributed by atoms with Crippen molar-refractivity contribution < 1.29 is 24.5 Å². The Labute approximate surface area is 62.9 Å². The first-order valence-corrected chi connectivity index (χ1v) is 2.79. The van der Waals surface area contributed by atoms with Crippen LogP contribution in [0.3, 0.4) is 0 Å². The third kappa shape index (κ3) is 3.96. The van der Waals surface area contributed by atoms with Gasteiger partial charge in [0.15, 0.2) is 0 Å². The fourth-order valence-corrected chi connectivity index (χ4v) is 0.468. The fourth-order valence-electron chi connectivity index (χ4n) is 0.468. The molecule has 0 saturated heterocycles. The van der Waals surface area contributed by atoms with Gasteiger partial charge < -0.3 is 14.9 Å². The van der Waals surface area contributed by atoms with E-state index in [4.69, 9.17) is 10.2 Å².